The van der Waals surface area contributed by atoms with Crippen molar-refractivity contribution in [1.29, 1.82) is 0 Å². The minimum atomic E-state index is 0.136. The van der Waals surface area contributed by atoms with E-state index < -0.39 is 0 Å². The highest BCUT2D eigenvalue weighted by Crippen LogP contribution is 2.19. The summed E-state index contributed by atoms with van der Waals surface area (Å²) in [6.07, 6.45) is 2.77. The molecule has 0 saturated carbocycles. The Labute approximate surface area is 104 Å². The Bertz CT molecular complexity index is 354. The van der Waals surface area contributed by atoms with E-state index in [0.29, 0.717) is 6.61 Å². The third-order valence-corrected chi connectivity index (χ3v) is 2.95. The maximum absolute atomic E-state index is 12.2. The van der Waals surface area contributed by atoms with E-state index in [1.165, 1.54) is 0 Å². The number of Topliss-reactive ketones (excluding diaryl/α,β-unsaturated/α-hetero) is 1. The molecule has 0 aromatic heterocycles. The average molecular weight is 234 g/mol. The van der Waals surface area contributed by atoms with E-state index >= 15 is 0 Å². The minimum absolute atomic E-state index is 0.136. The number of benzene rings is 1. The van der Waals surface area contributed by atoms with E-state index in [1.54, 1.807) is 0 Å². The summed E-state index contributed by atoms with van der Waals surface area (Å²) in [7, 11) is 0. The fourth-order valence-corrected chi connectivity index (χ4v) is 1.85. The van der Waals surface area contributed by atoms with Crippen LogP contribution in [0.3, 0.4) is 0 Å². The van der Waals surface area contributed by atoms with Gasteiger partial charge >= 0.3 is 0 Å². The van der Waals surface area contributed by atoms with Gasteiger partial charge in [-0.1, -0.05) is 32.9 Å². The highest BCUT2D eigenvalue weighted by atomic mass is 16.5. The number of hydrogen-bond acceptors (Lipinski definition) is 2. The van der Waals surface area contributed by atoms with E-state index in [-0.39, 0.29) is 11.7 Å². The summed E-state index contributed by atoms with van der Waals surface area (Å²) in [5.74, 6) is 1.16. The molecule has 0 spiro atoms. The summed E-state index contributed by atoms with van der Waals surface area (Å²) < 4.78 is 5.54. The van der Waals surface area contributed by atoms with Crippen LogP contribution in [0.25, 0.3) is 0 Å². The first-order chi connectivity index (χ1) is 8.22. The Morgan fingerprint density at radius 1 is 1.24 bits per heavy atom. The zero-order chi connectivity index (χ0) is 12.7. The fraction of sp³-hybridized carbons (Fsp3) is 0.533. The molecule has 1 aromatic carbocycles. The van der Waals surface area contributed by atoms with E-state index in [2.05, 4.69) is 20.8 Å². The van der Waals surface area contributed by atoms with E-state index in [0.717, 1.165) is 30.6 Å². The molecule has 1 rings (SSSR count). The Hall–Kier alpha value is -1.31. The molecule has 0 aliphatic rings. The van der Waals surface area contributed by atoms with Gasteiger partial charge in [-0.2, -0.15) is 0 Å². The lowest BCUT2D eigenvalue weighted by Crippen LogP contribution is -2.13. The minimum Gasteiger partial charge on any atom is -0.494 e. The van der Waals surface area contributed by atoms with Crippen LogP contribution in [-0.4, -0.2) is 12.4 Å². The number of rotatable bonds is 7. The predicted octanol–water partition coefficient (Wildman–Crippen LogP) is 4.09. The van der Waals surface area contributed by atoms with Crippen LogP contribution in [0, 0.1) is 5.92 Å². The van der Waals surface area contributed by atoms with Crippen LogP contribution in [0.4, 0.5) is 0 Å². The Morgan fingerprint density at radius 2 is 1.94 bits per heavy atom. The van der Waals surface area contributed by atoms with Gasteiger partial charge in [-0.25, -0.2) is 0 Å². The number of carbonyl (C=O) groups is 1. The lowest BCUT2D eigenvalue weighted by atomic mass is 9.93. The van der Waals surface area contributed by atoms with Crippen molar-refractivity contribution in [2.45, 2.75) is 40.0 Å². The number of ether oxygens (including phenoxy) is 1. The first-order valence-electron chi connectivity index (χ1n) is 6.49. The van der Waals surface area contributed by atoms with Crippen LogP contribution < -0.4 is 4.74 Å². The zero-order valence-corrected chi connectivity index (χ0v) is 11.0. The van der Waals surface area contributed by atoms with Crippen LogP contribution in [0.1, 0.15) is 50.4 Å². The third-order valence-electron chi connectivity index (χ3n) is 2.95. The summed E-state index contributed by atoms with van der Waals surface area (Å²) in [4.78, 5) is 12.2. The second-order valence-electron chi connectivity index (χ2n) is 4.25. The van der Waals surface area contributed by atoms with Crippen LogP contribution in [0.2, 0.25) is 0 Å². The SMILES string of the molecule is CCCOc1cccc(C(=O)C(CC)CC)c1. The molecule has 2 heteroatoms. The first-order valence-corrected chi connectivity index (χ1v) is 6.49. The van der Waals surface area contributed by atoms with Gasteiger partial charge in [-0.05, 0) is 31.4 Å². The van der Waals surface area contributed by atoms with Crippen molar-refractivity contribution in [3.63, 3.8) is 0 Å². The zero-order valence-electron chi connectivity index (χ0n) is 11.0. The molecule has 1 aromatic rings. The standard InChI is InChI=1S/C15H22O2/c1-4-10-17-14-9-7-8-13(11-14)15(16)12(5-2)6-3/h7-9,11-12H,4-6,10H2,1-3H3. The summed E-state index contributed by atoms with van der Waals surface area (Å²) in [5, 5.41) is 0. The topological polar surface area (TPSA) is 26.3 Å². The summed E-state index contributed by atoms with van der Waals surface area (Å²) in [5.41, 5.74) is 0.771. The van der Waals surface area contributed by atoms with Crippen LogP contribution in [0.15, 0.2) is 24.3 Å². The summed E-state index contributed by atoms with van der Waals surface area (Å²) >= 11 is 0. The van der Waals surface area contributed by atoms with Crippen molar-refractivity contribution in [3.8, 4) is 5.75 Å². The van der Waals surface area contributed by atoms with Gasteiger partial charge in [0.1, 0.15) is 5.75 Å². The molecule has 94 valence electrons. The normalized spacial score (nSPS) is 10.6. The van der Waals surface area contributed by atoms with Crippen molar-refractivity contribution in [2.24, 2.45) is 5.92 Å². The molecule has 0 heterocycles. The van der Waals surface area contributed by atoms with Gasteiger partial charge in [-0.15, -0.1) is 0 Å². The molecule has 0 unspecified atom stereocenters. The highest BCUT2D eigenvalue weighted by molar-refractivity contribution is 5.98. The molecule has 0 aliphatic heterocycles. The molecule has 0 amide bonds. The van der Waals surface area contributed by atoms with Gasteiger partial charge in [0, 0.05) is 11.5 Å². The molecule has 0 aliphatic carbocycles. The summed E-state index contributed by atoms with van der Waals surface area (Å²) in [6.45, 7) is 6.88. The maximum atomic E-state index is 12.2. The van der Waals surface area contributed by atoms with Gasteiger partial charge in [0.2, 0.25) is 0 Å². The van der Waals surface area contributed by atoms with Gasteiger partial charge in [0.15, 0.2) is 5.78 Å². The molecular weight excluding hydrogens is 212 g/mol. The van der Waals surface area contributed by atoms with Crippen LogP contribution >= 0.6 is 0 Å². The number of hydrogen-bond donors (Lipinski definition) is 0. The van der Waals surface area contributed by atoms with Crippen molar-refractivity contribution in [2.75, 3.05) is 6.61 Å². The van der Waals surface area contributed by atoms with Gasteiger partial charge in [-0.3, -0.25) is 4.79 Å². The second kappa shape index (κ2) is 7.10. The second-order valence-corrected chi connectivity index (χ2v) is 4.25. The summed E-state index contributed by atoms with van der Waals surface area (Å²) in [6, 6.07) is 7.52. The Morgan fingerprint density at radius 3 is 2.53 bits per heavy atom. The van der Waals surface area contributed by atoms with E-state index in [4.69, 9.17) is 4.74 Å². The molecule has 0 bridgehead atoms. The molecule has 17 heavy (non-hydrogen) atoms. The smallest absolute Gasteiger partial charge is 0.166 e. The van der Waals surface area contributed by atoms with Gasteiger partial charge in [0.05, 0.1) is 6.61 Å². The number of carbonyl (C=O) groups excluding carboxylic acids is 1. The van der Waals surface area contributed by atoms with Crippen molar-refractivity contribution >= 4 is 5.78 Å². The maximum Gasteiger partial charge on any atom is 0.166 e. The van der Waals surface area contributed by atoms with Gasteiger partial charge in [0.25, 0.3) is 0 Å². The third kappa shape index (κ3) is 3.88. The average Bonchev–Trinajstić information content (AvgIpc) is 2.38. The quantitative estimate of drug-likeness (QED) is 0.664. The molecule has 2 nitrogen and oxygen atoms in total. The number of ketones is 1. The van der Waals surface area contributed by atoms with Crippen LogP contribution in [-0.2, 0) is 0 Å². The first kappa shape index (κ1) is 13.8. The fourth-order valence-electron chi connectivity index (χ4n) is 1.85. The largest absolute Gasteiger partial charge is 0.494 e. The van der Waals surface area contributed by atoms with Crippen LogP contribution in [0.5, 0.6) is 5.75 Å². The molecular formula is C15H22O2. The monoisotopic (exact) mass is 234 g/mol. The molecule has 0 N–H and O–H groups in total. The lowest BCUT2D eigenvalue weighted by Gasteiger charge is -2.12. The highest BCUT2D eigenvalue weighted by Gasteiger charge is 2.16. The molecule has 0 saturated heterocycles. The lowest BCUT2D eigenvalue weighted by molar-refractivity contribution is 0.0913. The molecule has 0 fully saturated rings. The van der Waals surface area contributed by atoms with Crippen molar-refractivity contribution in [3.05, 3.63) is 29.8 Å². The Balaban J connectivity index is 2.79. The van der Waals surface area contributed by atoms with Gasteiger partial charge < -0.3 is 4.74 Å². The van der Waals surface area contributed by atoms with Crippen molar-refractivity contribution < 1.29 is 9.53 Å². The molecule has 0 radical (unpaired) electrons. The Kier molecular flexibility index (Phi) is 5.75. The molecule has 0 atom stereocenters. The van der Waals surface area contributed by atoms with E-state index in [9.17, 15) is 4.79 Å². The predicted molar refractivity (Wildman–Crippen MR) is 70.6 cm³/mol. The van der Waals surface area contributed by atoms with Crippen molar-refractivity contribution in [1.82, 2.24) is 0 Å². The van der Waals surface area contributed by atoms with E-state index in [1.807, 2.05) is 24.3 Å².